The van der Waals surface area contributed by atoms with Gasteiger partial charge >= 0.3 is 0 Å². The number of hydrogen-bond donors (Lipinski definition) is 3. The number of benzene rings is 4. The van der Waals surface area contributed by atoms with Crippen LogP contribution in [0.2, 0.25) is 0 Å². The highest BCUT2D eigenvalue weighted by Gasteiger charge is 2.54. The Kier molecular flexibility index (Phi) is 12.1. The predicted molar refractivity (Wildman–Crippen MR) is 190 cm³/mol. The van der Waals surface area contributed by atoms with Gasteiger partial charge in [0.15, 0.2) is 33.0 Å². The molecule has 0 aromatic heterocycles. The van der Waals surface area contributed by atoms with Crippen molar-refractivity contribution in [2.75, 3.05) is 33.2 Å². The Morgan fingerprint density at radius 3 is 2.43 bits per heavy atom. The van der Waals surface area contributed by atoms with E-state index in [0.29, 0.717) is 41.4 Å². The Morgan fingerprint density at radius 1 is 1.00 bits per heavy atom. The van der Waals surface area contributed by atoms with Crippen LogP contribution in [0.4, 0.5) is 5.69 Å². The molecule has 2 atom stereocenters. The number of ether oxygens (including phenoxy) is 4. The van der Waals surface area contributed by atoms with Crippen LogP contribution in [0, 0.1) is 0 Å². The van der Waals surface area contributed by atoms with Gasteiger partial charge in [0.25, 0.3) is 5.91 Å². The molecule has 0 radical (unpaired) electrons. The van der Waals surface area contributed by atoms with Crippen LogP contribution >= 0.6 is 0 Å². The third-order valence-electron chi connectivity index (χ3n) is 8.20. The van der Waals surface area contributed by atoms with Gasteiger partial charge in [-0.2, -0.15) is 0 Å². The third kappa shape index (κ3) is 8.59. The van der Waals surface area contributed by atoms with E-state index in [1.807, 2.05) is 0 Å². The van der Waals surface area contributed by atoms with Gasteiger partial charge in [-0.15, -0.1) is 0 Å². The fraction of sp³-hybridized carbons (Fsp3) is 0.278. The fourth-order valence-electron chi connectivity index (χ4n) is 5.56. The Hall–Kier alpha value is -5.60. The van der Waals surface area contributed by atoms with E-state index in [0.717, 1.165) is 5.56 Å². The van der Waals surface area contributed by atoms with Crippen molar-refractivity contribution in [2.45, 2.75) is 35.9 Å². The number of azide groups is 1. The molecule has 15 heteroatoms. The molecule has 0 saturated carbocycles. The molecule has 0 fully saturated rings. The van der Waals surface area contributed by atoms with Crippen LogP contribution in [0.3, 0.4) is 0 Å². The number of carbonyl (C=O) groups is 1. The van der Waals surface area contributed by atoms with Crippen LogP contribution in [-0.4, -0.2) is 64.1 Å². The minimum atomic E-state index is -3.89. The molecule has 0 saturated heterocycles. The number of aliphatic hydroxyl groups is 1. The third-order valence-corrected chi connectivity index (χ3v) is 9.93. The molecule has 14 nitrogen and oxygen atoms in total. The average molecular weight is 715 g/mol. The number of carbonyl (C=O) groups excluding carboxylic acids is 1. The molecule has 1 aliphatic heterocycles. The first-order chi connectivity index (χ1) is 24.7. The number of aliphatic hydroxyl groups excluding tert-OH is 1. The van der Waals surface area contributed by atoms with Crippen LogP contribution in [0.1, 0.15) is 35.6 Å². The molecule has 0 unspecified atom stereocenters. The topological polar surface area (TPSA) is 194 Å². The van der Waals surface area contributed by atoms with Crippen molar-refractivity contribution in [2.24, 2.45) is 10.1 Å². The highest BCUT2D eigenvalue weighted by molar-refractivity contribution is 7.91. The molecule has 1 amide bonds. The number of hydrogen-bond acceptors (Lipinski definition) is 11. The molecular weight excluding hydrogens is 676 g/mol. The minimum absolute atomic E-state index is 0.00523. The minimum Gasteiger partial charge on any atom is -0.494 e. The normalized spacial score (nSPS) is 16.7. The second-order valence-electron chi connectivity index (χ2n) is 11.4. The Labute approximate surface area is 295 Å². The molecule has 1 aliphatic rings. The van der Waals surface area contributed by atoms with Crippen molar-refractivity contribution in [3.63, 3.8) is 0 Å². The van der Waals surface area contributed by atoms with E-state index in [1.54, 1.807) is 84.9 Å². The van der Waals surface area contributed by atoms with Gasteiger partial charge in [-0.25, -0.2) is 18.8 Å². The largest absolute Gasteiger partial charge is 0.494 e. The van der Waals surface area contributed by atoms with Gasteiger partial charge in [0.2, 0.25) is 5.90 Å². The lowest BCUT2D eigenvalue weighted by atomic mass is 9.84. The van der Waals surface area contributed by atoms with Crippen molar-refractivity contribution in [3.05, 3.63) is 124 Å². The lowest BCUT2D eigenvalue weighted by Gasteiger charge is -2.31. The van der Waals surface area contributed by atoms with E-state index in [9.17, 15) is 18.7 Å². The summed E-state index contributed by atoms with van der Waals surface area (Å²) in [7, 11) is -0.838. The Morgan fingerprint density at radius 2 is 1.73 bits per heavy atom. The second-order valence-corrected chi connectivity index (χ2v) is 13.5. The first-order valence-electron chi connectivity index (χ1n) is 16.0. The van der Waals surface area contributed by atoms with E-state index in [2.05, 4.69) is 20.9 Å². The molecule has 4 aromatic rings. The van der Waals surface area contributed by atoms with Crippen molar-refractivity contribution in [1.29, 1.82) is 0 Å². The van der Waals surface area contributed by atoms with Gasteiger partial charge in [0.05, 0.1) is 31.5 Å². The summed E-state index contributed by atoms with van der Waals surface area (Å²) in [5.41, 5.74) is 14.9. The lowest BCUT2D eigenvalue weighted by molar-refractivity contribution is -0.130. The Bertz CT molecular complexity index is 2000. The molecule has 1 heterocycles. The highest BCUT2D eigenvalue weighted by atomic mass is 32.2. The van der Waals surface area contributed by atoms with Gasteiger partial charge in [0, 0.05) is 47.7 Å². The van der Waals surface area contributed by atoms with E-state index >= 15 is 0 Å². The molecule has 0 aliphatic carbocycles. The number of aliphatic imine (C=N–C) groups is 1. The summed E-state index contributed by atoms with van der Waals surface area (Å²) in [5, 5.41) is 12.9. The van der Waals surface area contributed by atoms with Crippen molar-refractivity contribution in [1.82, 2.24) is 10.9 Å². The quantitative estimate of drug-likeness (QED) is 0.0425. The maximum Gasteiger partial charge on any atom is 0.266 e. The molecule has 0 spiro atoms. The second kappa shape index (κ2) is 16.9. The monoisotopic (exact) mass is 714 g/mol. The SMILES string of the molecule is COc1ccc(CNNC(=O)[C@@]2(CCS(=O)(=O)c3ccccc3)N=C(c3ccc(OCCCO)cc3)O[C@H]2c2ccccc2N=[N+]=[N-])cc1OC. The lowest BCUT2D eigenvalue weighted by Crippen LogP contribution is -2.53. The van der Waals surface area contributed by atoms with E-state index in [1.165, 1.54) is 26.4 Å². The maximum atomic E-state index is 14.5. The zero-order valence-corrected chi connectivity index (χ0v) is 28.9. The van der Waals surface area contributed by atoms with Crippen LogP contribution < -0.4 is 25.1 Å². The van der Waals surface area contributed by atoms with Crippen molar-refractivity contribution >= 4 is 27.3 Å². The summed E-state index contributed by atoms with van der Waals surface area (Å²) < 4.78 is 50.1. The fourth-order valence-corrected chi connectivity index (χ4v) is 6.94. The molecule has 0 bridgehead atoms. The summed E-state index contributed by atoms with van der Waals surface area (Å²) >= 11 is 0. The summed E-state index contributed by atoms with van der Waals surface area (Å²) in [5.74, 6) is 0.533. The van der Waals surface area contributed by atoms with Crippen LogP contribution in [0.25, 0.3) is 10.4 Å². The Balaban J connectivity index is 1.55. The van der Waals surface area contributed by atoms with Gasteiger partial charge in [-0.05, 0) is 59.6 Å². The van der Waals surface area contributed by atoms with Gasteiger partial charge in [-0.3, -0.25) is 10.2 Å². The number of amides is 1. The summed E-state index contributed by atoms with van der Waals surface area (Å²) in [6.07, 6.45) is -1.04. The van der Waals surface area contributed by atoms with Crippen molar-refractivity contribution < 1.29 is 37.3 Å². The number of hydrazine groups is 1. The number of rotatable bonds is 17. The van der Waals surface area contributed by atoms with Crippen LogP contribution in [0.15, 0.2) is 112 Å². The maximum absolute atomic E-state index is 14.5. The average Bonchev–Trinajstić information content (AvgIpc) is 3.56. The summed E-state index contributed by atoms with van der Waals surface area (Å²) in [6.45, 7) is 0.482. The van der Waals surface area contributed by atoms with E-state index in [4.69, 9.17) is 29.0 Å². The first-order valence-corrected chi connectivity index (χ1v) is 17.7. The van der Waals surface area contributed by atoms with Gasteiger partial charge < -0.3 is 24.1 Å². The summed E-state index contributed by atoms with van der Waals surface area (Å²) in [6, 6.07) is 26.6. The molecule has 5 rings (SSSR count). The molecule has 266 valence electrons. The number of methoxy groups -OCH3 is 2. The standard InChI is InChI=1S/C36H38N6O8S/c1-47-31-18-13-25(23-32(31)48-2)24-38-41-35(44)36(19-22-51(45,46)28-9-4-3-5-10-28)33(29-11-6-7-12-30(29)40-42-37)50-34(39-36)26-14-16-27(17-15-26)49-21-8-20-43/h3-7,9-18,23,33,38,43H,8,19-22,24H2,1-2H3,(H,41,44)/t33-,36-/m0/s1. The van der Waals surface area contributed by atoms with Crippen LogP contribution in [0.5, 0.6) is 17.2 Å². The molecule has 4 aromatic carbocycles. The molecule has 51 heavy (non-hydrogen) atoms. The highest BCUT2D eigenvalue weighted by Crippen LogP contribution is 2.46. The zero-order valence-electron chi connectivity index (χ0n) is 28.1. The molecule has 3 N–H and O–H groups in total. The van der Waals surface area contributed by atoms with Crippen LogP contribution in [-0.2, 0) is 25.9 Å². The molecular formula is C36H38N6O8S. The van der Waals surface area contributed by atoms with E-state index < -0.39 is 33.1 Å². The smallest absolute Gasteiger partial charge is 0.266 e. The van der Waals surface area contributed by atoms with Crippen molar-refractivity contribution in [3.8, 4) is 17.2 Å². The zero-order chi connectivity index (χ0) is 36.3. The first kappa shape index (κ1) is 36.7. The number of sulfone groups is 1. The number of nitrogens with one attached hydrogen (secondary N) is 2. The predicted octanol–water partition coefficient (Wildman–Crippen LogP) is 5.35. The van der Waals surface area contributed by atoms with E-state index in [-0.39, 0.29) is 36.1 Å². The number of nitrogens with zero attached hydrogens (tertiary/aromatic N) is 4. The van der Waals surface area contributed by atoms with Gasteiger partial charge in [-0.1, -0.05) is 53.6 Å². The summed E-state index contributed by atoms with van der Waals surface area (Å²) in [4.78, 5) is 22.4. The van der Waals surface area contributed by atoms with Gasteiger partial charge in [0.1, 0.15) is 5.75 Å².